The Bertz CT molecular complexity index is 472. The molecule has 0 heterocycles. The Morgan fingerprint density at radius 3 is 1.89 bits per heavy atom. The molecule has 0 aliphatic rings. The molecule has 0 amide bonds. The van der Waals surface area contributed by atoms with E-state index in [0.717, 1.165) is 5.56 Å². The van der Waals surface area contributed by atoms with E-state index in [0.29, 0.717) is 0 Å². The predicted molar refractivity (Wildman–Crippen MR) is 73.4 cm³/mol. The fourth-order valence-corrected chi connectivity index (χ4v) is 1.42. The van der Waals surface area contributed by atoms with E-state index >= 15 is 0 Å². The summed E-state index contributed by atoms with van der Waals surface area (Å²) >= 11 is 0. The summed E-state index contributed by atoms with van der Waals surface area (Å²) in [5.41, 5.74) is 1.15. The van der Waals surface area contributed by atoms with Crippen LogP contribution in [-0.4, -0.2) is 11.6 Å². The predicted octanol–water partition coefficient (Wildman–Crippen LogP) is 3.37. The molecule has 0 saturated carbocycles. The minimum absolute atomic E-state index is 0. The van der Waals surface area contributed by atoms with Crippen LogP contribution in [0.2, 0.25) is 0 Å². The third kappa shape index (κ3) is 6.70. The van der Waals surface area contributed by atoms with Crippen LogP contribution in [0.4, 0.5) is 0 Å². The Morgan fingerprint density at radius 1 is 1.00 bits per heavy atom. The molecule has 19 heavy (non-hydrogen) atoms. The number of allylic oxidation sites excluding steroid dienone is 1. The maximum Gasteiger partial charge on any atom is 2.00 e. The molecular weight excluding hydrogens is 280 g/mol. The second kappa shape index (κ2) is 9.26. The first-order chi connectivity index (χ1) is 8.61. The van der Waals surface area contributed by atoms with Gasteiger partial charge in [-0.15, -0.1) is 6.08 Å². The molecule has 2 rings (SSSR count). The molecular formula is C16H16FeO2. The van der Waals surface area contributed by atoms with Gasteiger partial charge in [-0.05, 0) is 13.8 Å². The van der Waals surface area contributed by atoms with Crippen LogP contribution >= 0.6 is 0 Å². The summed E-state index contributed by atoms with van der Waals surface area (Å²) in [5, 5.41) is 0. The molecule has 3 heteroatoms. The molecule has 100 valence electrons. The van der Waals surface area contributed by atoms with Gasteiger partial charge < -0.3 is 0 Å². The zero-order valence-corrected chi connectivity index (χ0v) is 12.0. The van der Waals surface area contributed by atoms with Crippen molar-refractivity contribution in [1.82, 2.24) is 0 Å². The minimum atomic E-state index is -0.186. The van der Waals surface area contributed by atoms with Crippen LogP contribution in [0.1, 0.15) is 19.4 Å². The maximum absolute atomic E-state index is 11.0. The standard InChI is InChI=1S/C11H11O2.C5H5.Fe/c1-8(12)11(9(2)13)7-10-5-3-4-6-10;1-2-4-5-3-1;/h3-7H,1-2H3;1-5H;/q2*-1;+2. The minimum Gasteiger partial charge on any atom is -0.294 e. The van der Waals surface area contributed by atoms with Crippen LogP contribution < -0.4 is 0 Å². The van der Waals surface area contributed by atoms with Crippen LogP contribution in [0.25, 0.3) is 6.08 Å². The average molecular weight is 296 g/mol. The molecule has 0 saturated heterocycles. The molecule has 0 unspecified atom stereocenters. The molecule has 2 nitrogen and oxygen atoms in total. The molecule has 0 aromatic heterocycles. The summed E-state index contributed by atoms with van der Waals surface area (Å²) in [6, 6.07) is 17.4. The topological polar surface area (TPSA) is 34.1 Å². The van der Waals surface area contributed by atoms with Gasteiger partial charge in [0.15, 0.2) is 11.6 Å². The van der Waals surface area contributed by atoms with Crippen LogP contribution in [0, 0.1) is 0 Å². The molecule has 0 aliphatic carbocycles. The van der Waals surface area contributed by atoms with Crippen molar-refractivity contribution in [3.63, 3.8) is 0 Å². The second-order valence-corrected chi connectivity index (χ2v) is 3.85. The SMILES string of the molecule is CC(=O)C(=Cc1cc[cH-]c1)C(C)=O.[Fe+2].c1cc[cH-]c1. The van der Waals surface area contributed by atoms with Crippen molar-refractivity contribution in [2.75, 3.05) is 0 Å². The Kier molecular flexibility index (Phi) is 8.43. The molecule has 0 fully saturated rings. The van der Waals surface area contributed by atoms with E-state index in [4.69, 9.17) is 0 Å². The number of carbonyl (C=O) groups is 2. The Hall–Kier alpha value is -1.70. The first-order valence-electron chi connectivity index (χ1n) is 5.73. The van der Waals surface area contributed by atoms with Crippen molar-refractivity contribution in [2.24, 2.45) is 0 Å². The van der Waals surface area contributed by atoms with Crippen molar-refractivity contribution in [1.29, 1.82) is 0 Å². The van der Waals surface area contributed by atoms with Gasteiger partial charge in [-0.3, -0.25) is 9.59 Å². The summed E-state index contributed by atoms with van der Waals surface area (Å²) in [7, 11) is 0. The number of hydrogen-bond acceptors (Lipinski definition) is 2. The van der Waals surface area contributed by atoms with Gasteiger partial charge in [0.2, 0.25) is 0 Å². The second-order valence-electron chi connectivity index (χ2n) is 3.85. The molecule has 2 aromatic carbocycles. The van der Waals surface area contributed by atoms with E-state index < -0.39 is 0 Å². The number of carbonyl (C=O) groups excluding carboxylic acids is 2. The molecule has 2 aromatic rings. The maximum atomic E-state index is 11.0. The summed E-state index contributed by atoms with van der Waals surface area (Å²) < 4.78 is 0. The molecule has 0 bridgehead atoms. The van der Waals surface area contributed by atoms with Gasteiger partial charge in [-0.25, -0.2) is 18.2 Å². The van der Waals surface area contributed by atoms with Gasteiger partial charge in [0.25, 0.3) is 0 Å². The van der Waals surface area contributed by atoms with Crippen LogP contribution in [0.15, 0.2) is 60.2 Å². The average Bonchev–Trinajstić information content (AvgIpc) is 3.01. The monoisotopic (exact) mass is 296 g/mol. The van der Waals surface area contributed by atoms with Crippen molar-refractivity contribution in [3.8, 4) is 0 Å². The number of Topliss-reactive ketones (excluding diaryl/α,β-unsaturated/α-hetero) is 2. The number of rotatable bonds is 3. The zero-order valence-electron chi connectivity index (χ0n) is 10.9. The Labute approximate surface area is 124 Å². The summed E-state index contributed by atoms with van der Waals surface area (Å²) in [6.07, 6.45) is 1.62. The fourth-order valence-electron chi connectivity index (χ4n) is 1.42. The van der Waals surface area contributed by atoms with E-state index in [1.807, 2.05) is 54.6 Å². The quantitative estimate of drug-likeness (QED) is 0.286. The molecule has 0 N–H and O–H groups in total. The van der Waals surface area contributed by atoms with Gasteiger partial charge in [0, 0.05) is 5.57 Å². The molecule has 0 aliphatic heterocycles. The summed E-state index contributed by atoms with van der Waals surface area (Å²) in [4.78, 5) is 22.0. The summed E-state index contributed by atoms with van der Waals surface area (Å²) in [5.74, 6) is -0.373. The van der Waals surface area contributed by atoms with E-state index in [1.165, 1.54) is 13.8 Å². The third-order valence-electron chi connectivity index (χ3n) is 2.31. The summed E-state index contributed by atoms with van der Waals surface area (Å²) in [6.45, 7) is 2.80. The number of hydrogen-bond donors (Lipinski definition) is 0. The Morgan fingerprint density at radius 2 is 1.58 bits per heavy atom. The van der Waals surface area contributed by atoms with Crippen molar-refractivity contribution < 1.29 is 26.7 Å². The van der Waals surface area contributed by atoms with Gasteiger partial charge in [0.1, 0.15) is 0 Å². The van der Waals surface area contributed by atoms with Gasteiger partial charge in [0.05, 0.1) is 0 Å². The first kappa shape index (κ1) is 17.3. The smallest absolute Gasteiger partial charge is 0.294 e. The number of ketones is 2. The van der Waals surface area contributed by atoms with Crippen LogP contribution in [-0.2, 0) is 26.7 Å². The third-order valence-corrected chi connectivity index (χ3v) is 2.31. The fraction of sp³-hybridized carbons (Fsp3) is 0.125. The van der Waals surface area contributed by atoms with Gasteiger partial charge >= 0.3 is 17.1 Å². The van der Waals surface area contributed by atoms with Crippen molar-refractivity contribution in [3.05, 3.63) is 65.7 Å². The normalized spacial score (nSPS) is 8.53. The van der Waals surface area contributed by atoms with Crippen molar-refractivity contribution >= 4 is 17.6 Å². The van der Waals surface area contributed by atoms with E-state index in [1.54, 1.807) is 6.08 Å². The molecule has 0 spiro atoms. The van der Waals surface area contributed by atoms with E-state index in [2.05, 4.69) is 0 Å². The van der Waals surface area contributed by atoms with Crippen molar-refractivity contribution in [2.45, 2.75) is 13.8 Å². The Balaban J connectivity index is 0.000000454. The van der Waals surface area contributed by atoms with E-state index in [-0.39, 0.29) is 34.2 Å². The van der Waals surface area contributed by atoms with Crippen LogP contribution in [0.5, 0.6) is 0 Å². The first-order valence-corrected chi connectivity index (χ1v) is 5.73. The largest absolute Gasteiger partial charge is 2.00 e. The van der Waals surface area contributed by atoms with E-state index in [9.17, 15) is 9.59 Å². The van der Waals surface area contributed by atoms with Gasteiger partial charge in [-0.1, -0.05) is 0 Å². The zero-order chi connectivity index (χ0) is 13.4. The van der Waals surface area contributed by atoms with Crippen LogP contribution in [0.3, 0.4) is 0 Å². The molecule has 0 radical (unpaired) electrons. The van der Waals surface area contributed by atoms with Gasteiger partial charge in [-0.2, -0.15) is 42.0 Å². The molecule has 0 atom stereocenters.